The molecule has 154 valence electrons. The molecule has 8 heteroatoms. The van der Waals surface area contributed by atoms with Gasteiger partial charge in [-0.25, -0.2) is 9.18 Å². The van der Waals surface area contributed by atoms with Gasteiger partial charge in [0.1, 0.15) is 12.4 Å². The number of halogens is 1. The molecule has 2 saturated heterocycles. The number of carbonyl (C=O) groups is 2. The van der Waals surface area contributed by atoms with Crippen LogP contribution in [0.25, 0.3) is 10.9 Å². The summed E-state index contributed by atoms with van der Waals surface area (Å²) in [6.45, 7) is 5.66. The van der Waals surface area contributed by atoms with Crippen molar-refractivity contribution in [3.63, 3.8) is 0 Å². The van der Waals surface area contributed by atoms with E-state index in [0.717, 1.165) is 23.1 Å². The predicted octanol–water partition coefficient (Wildman–Crippen LogP) is 3.69. The summed E-state index contributed by atoms with van der Waals surface area (Å²) >= 11 is 1.40. The zero-order chi connectivity index (χ0) is 20.6. The third-order valence-electron chi connectivity index (χ3n) is 5.59. The highest BCUT2D eigenvalue weighted by molar-refractivity contribution is 8.00. The number of amides is 2. The quantitative estimate of drug-likeness (QED) is 0.710. The number of rotatable bonds is 4. The predicted molar refractivity (Wildman–Crippen MR) is 109 cm³/mol. The molecule has 2 fully saturated rings. The monoisotopic (exact) mass is 417 g/mol. The second-order valence-corrected chi connectivity index (χ2v) is 9.13. The van der Waals surface area contributed by atoms with Crippen molar-refractivity contribution >= 4 is 34.7 Å². The molecule has 0 radical (unpaired) electrons. The first-order chi connectivity index (χ1) is 13.8. The summed E-state index contributed by atoms with van der Waals surface area (Å²) in [5, 5.41) is 0.721. The average Bonchev–Trinajstić information content (AvgIpc) is 2.98. The Morgan fingerprint density at radius 3 is 2.76 bits per heavy atom. The second-order valence-electron chi connectivity index (χ2n) is 8.11. The minimum Gasteiger partial charge on any atom is -0.447 e. The Hall–Kier alpha value is -2.35. The number of thioether (sulfide) groups is 1. The van der Waals surface area contributed by atoms with E-state index in [1.165, 1.54) is 23.9 Å². The van der Waals surface area contributed by atoms with E-state index < -0.39 is 0 Å². The van der Waals surface area contributed by atoms with Crippen LogP contribution in [0.4, 0.5) is 9.18 Å². The fourth-order valence-corrected chi connectivity index (χ4v) is 5.03. The Labute approximate surface area is 173 Å². The van der Waals surface area contributed by atoms with Gasteiger partial charge in [0, 0.05) is 35.6 Å². The average molecular weight is 418 g/mol. The smallest absolute Gasteiger partial charge is 0.410 e. The van der Waals surface area contributed by atoms with Crippen molar-refractivity contribution in [2.24, 2.45) is 0 Å². The summed E-state index contributed by atoms with van der Waals surface area (Å²) in [4.78, 5) is 33.6. The van der Waals surface area contributed by atoms with Crippen molar-refractivity contribution in [1.29, 1.82) is 0 Å². The van der Waals surface area contributed by atoms with E-state index in [1.54, 1.807) is 12.3 Å². The van der Waals surface area contributed by atoms with Crippen molar-refractivity contribution in [2.75, 3.05) is 25.4 Å². The molecule has 0 unspecified atom stereocenters. The first kappa shape index (κ1) is 19.9. The number of cyclic esters (lactones) is 1. The largest absolute Gasteiger partial charge is 0.447 e. The normalized spacial score (nSPS) is 19.6. The molecule has 3 heterocycles. The van der Waals surface area contributed by atoms with Crippen LogP contribution in [0.5, 0.6) is 0 Å². The van der Waals surface area contributed by atoms with Crippen molar-refractivity contribution in [3.8, 4) is 0 Å². The van der Waals surface area contributed by atoms with Crippen LogP contribution in [-0.2, 0) is 9.53 Å². The number of aromatic nitrogens is 1. The molecule has 0 aliphatic carbocycles. The zero-order valence-corrected chi connectivity index (χ0v) is 17.4. The van der Waals surface area contributed by atoms with Gasteiger partial charge in [0.2, 0.25) is 5.91 Å². The summed E-state index contributed by atoms with van der Waals surface area (Å²) < 4.78 is 18.8. The molecule has 0 bridgehead atoms. The van der Waals surface area contributed by atoms with Crippen LogP contribution in [0, 0.1) is 5.82 Å². The standard InChI is InChI=1S/C21H24FN3O3S/c1-21(2)13-28-20(27)25(21)15-6-9-24(10-7-15)19(26)12-29-18-5-8-23-17-4-3-14(22)11-16(17)18/h3-5,8,11,15H,6-7,9-10,12-13H2,1-2H3. The summed E-state index contributed by atoms with van der Waals surface area (Å²) in [5.41, 5.74) is 0.409. The molecule has 1 aromatic heterocycles. The Balaban J connectivity index is 1.35. The summed E-state index contributed by atoms with van der Waals surface area (Å²) in [6, 6.07) is 6.40. The van der Waals surface area contributed by atoms with Gasteiger partial charge in [0.25, 0.3) is 0 Å². The van der Waals surface area contributed by atoms with Crippen LogP contribution in [0.15, 0.2) is 35.4 Å². The number of hydrogen-bond acceptors (Lipinski definition) is 5. The summed E-state index contributed by atoms with van der Waals surface area (Å²) in [5.74, 6) is 0.0274. The van der Waals surface area contributed by atoms with Gasteiger partial charge < -0.3 is 9.64 Å². The lowest BCUT2D eigenvalue weighted by atomic mass is 9.97. The number of piperidine rings is 1. The molecule has 29 heavy (non-hydrogen) atoms. The number of fused-ring (bicyclic) bond motifs is 1. The van der Waals surface area contributed by atoms with Gasteiger partial charge in [-0.2, -0.15) is 0 Å². The second kappa shape index (κ2) is 7.82. The molecule has 0 spiro atoms. The Kier molecular flexibility index (Phi) is 5.38. The van der Waals surface area contributed by atoms with Gasteiger partial charge in [-0.15, -0.1) is 11.8 Å². The van der Waals surface area contributed by atoms with Gasteiger partial charge >= 0.3 is 6.09 Å². The van der Waals surface area contributed by atoms with E-state index in [1.807, 2.05) is 29.7 Å². The molecule has 2 aliphatic rings. The van der Waals surface area contributed by atoms with E-state index in [2.05, 4.69) is 4.98 Å². The van der Waals surface area contributed by atoms with Crippen molar-refractivity contribution in [1.82, 2.24) is 14.8 Å². The maximum absolute atomic E-state index is 13.6. The van der Waals surface area contributed by atoms with Gasteiger partial charge in [0.05, 0.1) is 16.8 Å². The first-order valence-corrected chi connectivity index (χ1v) is 10.7. The minimum atomic E-state index is -0.316. The Morgan fingerprint density at radius 2 is 2.07 bits per heavy atom. The van der Waals surface area contributed by atoms with Crippen LogP contribution < -0.4 is 0 Å². The van der Waals surface area contributed by atoms with Gasteiger partial charge in [0.15, 0.2) is 0 Å². The molecule has 0 N–H and O–H groups in total. The van der Waals surface area contributed by atoms with E-state index in [4.69, 9.17) is 4.74 Å². The molecule has 2 aliphatic heterocycles. The first-order valence-electron chi connectivity index (χ1n) is 9.76. The maximum atomic E-state index is 13.6. The van der Waals surface area contributed by atoms with Gasteiger partial charge in [-0.05, 0) is 51.0 Å². The molecule has 6 nitrogen and oxygen atoms in total. The van der Waals surface area contributed by atoms with Crippen LogP contribution in [0.1, 0.15) is 26.7 Å². The van der Waals surface area contributed by atoms with Gasteiger partial charge in [-0.1, -0.05) is 0 Å². The number of ether oxygens (including phenoxy) is 1. The molecule has 1 aromatic carbocycles. The summed E-state index contributed by atoms with van der Waals surface area (Å²) in [6.07, 6.45) is 2.92. The number of carbonyl (C=O) groups excluding carboxylic acids is 2. The van der Waals surface area contributed by atoms with Crippen molar-refractivity contribution in [3.05, 3.63) is 36.3 Å². The lowest BCUT2D eigenvalue weighted by molar-refractivity contribution is -0.129. The number of hydrogen-bond donors (Lipinski definition) is 0. The highest BCUT2D eigenvalue weighted by atomic mass is 32.2. The van der Waals surface area contributed by atoms with E-state index in [0.29, 0.717) is 25.2 Å². The fraction of sp³-hybridized carbons (Fsp3) is 0.476. The Bertz CT molecular complexity index is 944. The highest BCUT2D eigenvalue weighted by Crippen LogP contribution is 2.31. The van der Waals surface area contributed by atoms with Crippen LogP contribution >= 0.6 is 11.8 Å². The fourth-order valence-electron chi connectivity index (χ4n) is 4.09. The van der Waals surface area contributed by atoms with Crippen molar-refractivity contribution < 1.29 is 18.7 Å². The molecule has 2 aromatic rings. The Morgan fingerprint density at radius 1 is 1.31 bits per heavy atom. The highest BCUT2D eigenvalue weighted by Gasteiger charge is 2.44. The van der Waals surface area contributed by atoms with E-state index in [9.17, 15) is 14.0 Å². The number of benzene rings is 1. The molecule has 0 atom stereocenters. The molecule has 4 rings (SSSR count). The van der Waals surface area contributed by atoms with Crippen molar-refractivity contribution in [2.45, 2.75) is 43.2 Å². The molecule has 2 amide bonds. The lowest BCUT2D eigenvalue weighted by Crippen LogP contribution is -2.53. The zero-order valence-electron chi connectivity index (χ0n) is 16.6. The summed E-state index contributed by atoms with van der Waals surface area (Å²) in [7, 11) is 0. The third kappa shape index (κ3) is 4.03. The number of nitrogens with zero attached hydrogens (tertiary/aromatic N) is 3. The lowest BCUT2D eigenvalue weighted by Gasteiger charge is -2.40. The molecular weight excluding hydrogens is 393 g/mol. The van der Waals surface area contributed by atoms with E-state index in [-0.39, 0.29) is 35.2 Å². The van der Waals surface area contributed by atoms with Crippen LogP contribution in [-0.4, -0.2) is 63.8 Å². The van der Waals surface area contributed by atoms with E-state index >= 15 is 0 Å². The van der Waals surface area contributed by atoms with Gasteiger partial charge in [-0.3, -0.25) is 14.7 Å². The maximum Gasteiger partial charge on any atom is 0.410 e. The minimum absolute atomic E-state index is 0.0538. The topological polar surface area (TPSA) is 62.7 Å². The van der Waals surface area contributed by atoms with Crippen LogP contribution in [0.3, 0.4) is 0 Å². The van der Waals surface area contributed by atoms with Crippen LogP contribution in [0.2, 0.25) is 0 Å². The third-order valence-corrected chi connectivity index (χ3v) is 6.65. The molecule has 0 saturated carbocycles. The number of likely N-dealkylation sites (tertiary alicyclic amines) is 1. The SMILES string of the molecule is CC1(C)COC(=O)N1C1CCN(C(=O)CSc2ccnc3ccc(F)cc23)CC1. The number of pyridine rings is 1. The molecular formula is C21H24FN3O3S.